The highest BCUT2D eigenvalue weighted by molar-refractivity contribution is 9.10. The number of nitrogens with zero attached hydrogens (tertiary/aromatic N) is 1. The summed E-state index contributed by atoms with van der Waals surface area (Å²) in [5.74, 6) is 0.0370. The van der Waals surface area contributed by atoms with E-state index in [1.807, 2.05) is 32.9 Å². The van der Waals surface area contributed by atoms with Gasteiger partial charge in [0.05, 0.1) is 12.6 Å². The van der Waals surface area contributed by atoms with Crippen LogP contribution in [0.3, 0.4) is 0 Å². The zero-order valence-corrected chi connectivity index (χ0v) is 14.0. The van der Waals surface area contributed by atoms with E-state index in [9.17, 15) is 4.79 Å². The van der Waals surface area contributed by atoms with Crippen molar-refractivity contribution in [2.75, 3.05) is 19.6 Å². The van der Waals surface area contributed by atoms with E-state index in [4.69, 9.17) is 5.73 Å². The summed E-state index contributed by atoms with van der Waals surface area (Å²) < 4.78 is 1.02. The lowest BCUT2D eigenvalue weighted by atomic mass is 9.99. The third-order valence-electron chi connectivity index (χ3n) is 3.21. The molecular formula is C15H24BrN3O. The van der Waals surface area contributed by atoms with E-state index in [1.165, 1.54) is 0 Å². The minimum atomic E-state index is -0.0568. The first-order valence-electron chi connectivity index (χ1n) is 7.01. The first-order valence-corrected chi connectivity index (χ1v) is 7.80. The normalized spacial score (nSPS) is 14.1. The Morgan fingerprint density at radius 2 is 2.15 bits per heavy atom. The summed E-state index contributed by atoms with van der Waals surface area (Å²) in [5, 5.41) is 2.84. The number of rotatable bonds is 7. The Morgan fingerprint density at radius 3 is 2.65 bits per heavy atom. The summed E-state index contributed by atoms with van der Waals surface area (Å²) in [6, 6.07) is 8.07. The van der Waals surface area contributed by atoms with Crippen LogP contribution in [0.15, 0.2) is 28.7 Å². The van der Waals surface area contributed by atoms with Gasteiger partial charge in [-0.3, -0.25) is 9.69 Å². The van der Waals surface area contributed by atoms with Gasteiger partial charge >= 0.3 is 0 Å². The molecule has 3 N–H and O–H groups in total. The lowest BCUT2D eigenvalue weighted by molar-refractivity contribution is -0.122. The Hall–Kier alpha value is -0.910. The number of benzene rings is 1. The van der Waals surface area contributed by atoms with E-state index in [2.05, 4.69) is 38.3 Å². The van der Waals surface area contributed by atoms with E-state index < -0.39 is 0 Å². The zero-order chi connectivity index (χ0) is 15.1. The van der Waals surface area contributed by atoms with Crippen molar-refractivity contribution >= 4 is 21.8 Å². The molecule has 0 aliphatic heterocycles. The monoisotopic (exact) mass is 341 g/mol. The first-order chi connectivity index (χ1) is 9.49. The van der Waals surface area contributed by atoms with Gasteiger partial charge in [0.25, 0.3) is 0 Å². The molecule has 0 spiro atoms. The van der Waals surface area contributed by atoms with E-state index in [-0.39, 0.29) is 18.0 Å². The fourth-order valence-electron chi connectivity index (χ4n) is 2.38. The molecule has 0 saturated carbocycles. The molecule has 0 bridgehead atoms. The number of nitrogens with one attached hydrogen (secondary N) is 1. The van der Waals surface area contributed by atoms with Crippen LogP contribution in [0.25, 0.3) is 0 Å². The number of hydrogen-bond donors (Lipinski definition) is 2. The van der Waals surface area contributed by atoms with Crippen molar-refractivity contribution in [3.8, 4) is 0 Å². The molecule has 0 aliphatic carbocycles. The lowest BCUT2D eigenvalue weighted by Gasteiger charge is -2.33. The van der Waals surface area contributed by atoms with Gasteiger partial charge in [-0.2, -0.15) is 0 Å². The maximum atomic E-state index is 11.8. The molecule has 1 rings (SSSR count). The number of carbonyl (C=O) groups excluding carboxylic acids is 1. The van der Waals surface area contributed by atoms with Crippen LogP contribution in [0.2, 0.25) is 0 Å². The molecule has 5 heteroatoms. The summed E-state index contributed by atoms with van der Waals surface area (Å²) >= 11 is 3.49. The number of nitrogens with two attached hydrogens (primary N) is 1. The second kappa shape index (κ2) is 8.39. The molecule has 0 heterocycles. The summed E-state index contributed by atoms with van der Waals surface area (Å²) in [4.78, 5) is 13.9. The molecule has 2 atom stereocenters. The quantitative estimate of drug-likeness (QED) is 0.799. The topological polar surface area (TPSA) is 58.4 Å². The minimum absolute atomic E-state index is 0.0279. The summed E-state index contributed by atoms with van der Waals surface area (Å²) in [6.07, 6.45) is 0. The maximum Gasteiger partial charge on any atom is 0.234 e. The van der Waals surface area contributed by atoms with Crippen molar-refractivity contribution < 1.29 is 4.79 Å². The molecular weight excluding hydrogens is 318 g/mol. The van der Waals surface area contributed by atoms with Crippen LogP contribution < -0.4 is 11.1 Å². The molecule has 4 nitrogen and oxygen atoms in total. The maximum absolute atomic E-state index is 11.8. The average molecular weight is 342 g/mol. The van der Waals surface area contributed by atoms with Crippen molar-refractivity contribution in [3.63, 3.8) is 0 Å². The van der Waals surface area contributed by atoms with Gasteiger partial charge in [0.15, 0.2) is 0 Å². The number of halogens is 1. The molecule has 1 aromatic rings. The molecule has 20 heavy (non-hydrogen) atoms. The molecule has 1 aromatic carbocycles. The second-order valence-corrected chi connectivity index (χ2v) is 5.79. The first kappa shape index (κ1) is 17.1. The average Bonchev–Trinajstić information content (AvgIpc) is 2.37. The predicted octanol–water partition coefficient (Wildman–Crippen LogP) is 2.30. The Labute approximate surface area is 129 Å². The van der Waals surface area contributed by atoms with Crippen molar-refractivity contribution in [3.05, 3.63) is 34.3 Å². The van der Waals surface area contributed by atoms with Gasteiger partial charge in [0, 0.05) is 17.1 Å². The Bertz CT molecular complexity index is 437. The highest BCUT2D eigenvalue weighted by atomic mass is 79.9. The molecule has 0 saturated heterocycles. The third kappa shape index (κ3) is 4.89. The van der Waals surface area contributed by atoms with Gasteiger partial charge in [-0.05, 0) is 38.1 Å². The molecule has 2 unspecified atom stereocenters. The van der Waals surface area contributed by atoms with Gasteiger partial charge in [-0.25, -0.2) is 0 Å². The molecule has 0 radical (unpaired) electrons. The Balaban J connectivity index is 2.95. The van der Waals surface area contributed by atoms with Crippen molar-refractivity contribution in [1.82, 2.24) is 10.2 Å². The van der Waals surface area contributed by atoms with E-state index in [0.29, 0.717) is 13.1 Å². The largest absolute Gasteiger partial charge is 0.355 e. The smallest absolute Gasteiger partial charge is 0.234 e. The number of hydrogen-bond acceptors (Lipinski definition) is 3. The van der Waals surface area contributed by atoms with Crippen molar-refractivity contribution in [1.29, 1.82) is 0 Å². The molecule has 0 aromatic heterocycles. The van der Waals surface area contributed by atoms with Crippen molar-refractivity contribution in [2.45, 2.75) is 32.9 Å². The van der Waals surface area contributed by atoms with E-state index in [1.54, 1.807) is 0 Å². The van der Waals surface area contributed by atoms with Crippen LogP contribution >= 0.6 is 15.9 Å². The van der Waals surface area contributed by atoms with Crippen LogP contribution in [0.5, 0.6) is 0 Å². The standard InChI is InChI=1S/C15H24BrN3O/c1-4-18-14(20)10-19(5-2)15(11(3)17)12-7-6-8-13(16)9-12/h6-9,11,15H,4-5,10,17H2,1-3H3,(H,18,20). The van der Waals surface area contributed by atoms with Crippen LogP contribution in [0.1, 0.15) is 32.4 Å². The van der Waals surface area contributed by atoms with Gasteiger partial charge in [0.1, 0.15) is 0 Å². The summed E-state index contributed by atoms with van der Waals surface area (Å²) in [6.45, 7) is 7.74. The van der Waals surface area contributed by atoms with Gasteiger partial charge in [0.2, 0.25) is 5.91 Å². The number of likely N-dealkylation sites (N-methyl/N-ethyl adjacent to an activating group) is 2. The van der Waals surface area contributed by atoms with Gasteiger partial charge in [-0.15, -0.1) is 0 Å². The molecule has 1 amide bonds. The van der Waals surface area contributed by atoms with Crippen LogP contribution in [0, 0.1) is 0 Å². The van der Waals surface area contributed by atoms with E-state index in [0.717, 1.165) is 16.6 Å². The summed E-state index contributed by atoms with van der Waals surface area (Å²) in [7, 11) is 0. The minimum Gasteiger partial charge on any atom is -0.355 e. The highest BCUT2D eigenvalue weighted by Crippen LogP contribution is 2.25. The zero-order valence-electron chi connectivity index (χ0n) is 12.4. The SMILES string of the molecule is CCNC(=O)CN(CC)C(c1cccc(Br)c1)C(C)N. The molecule has 112 valence electrons. The number of carbonyl (C=O) groups is 1. The van der Waals surface area contributed by atoms with Crippen LogP contribution in [0.4, 0.5) is 0 Å². The van der Waals surface area contributed by atoms with Gasteiger partial charge in [-0.1, -0.05) is 35.0 Å². The fourth-order valence-corrected chi connectivity index (χ4v) is 2.80. The Morgan fingerprint density at radius 1 is 1.45 bits per heavy atom. The van der Waals surface area contributed by atoms with E-state index >= 15 is 0 Å². The lowest BCUT2D eigenvalue weighted by Crippen LogP contribution is -2.44. The summed E-state index contributed by atoms with van der Waals surface area (Å²) in [5.41, 5.74) is 7.28. The second-order valence-electron chi connectivity index (χ2n) is 4.88. The third-order valence-corrected chi connectivity index (χ3v) is 3.70. The van der Waals surface area contributed by atoms with Crippen LogP contribution in [-0.2, 0) is 4.79 Å². The number of amides is 1. The molecule has 0 aliphatic rings. The van der Waals surface area contributed by atoms with Crippen LogP contribution in [-0.4, -0.2) is 36.5 Å². The van der Waals surface area contributed by atoms with Gasteiger partial charge < -0.3 is 11.1 Å². The van der Waals surface area contributed by atoms with Crippen molar-refractivity contribution in [2.24, 2.45) is 5.73 Å². The predicted molar refractivity (Wildman–Crippen MR) is 86.5 cm³/mol. The Kier molecular flexibility index (Phi) is 7.19. The molecule has 0 fully saturated rings. The highest BCUT2D eigenvalue weighted by Gasteiger charge is 2.24. The fraction of sp³-hybridized carbons (Fsp3) is 0.533.